The molecule has 6 nitrogen and oxygen atoms in total. The maximum absolute atomic E-state index is 6.59. The molecule has 0 saturated heterocycles. The lowest BCUT2D eigenvalue weighted by Crippen LogP contribution is -2.10. The Hall–Kier alpha value is -9.78. The molecule has 0 N–H and O–H groups in total. The van der Waals surface area contributed by atoms with Crippen molar-refractivity contribution in [1.29, 1.82) is 0 Å². The van der Waals surface area contributed by atoms with Crippen LogP contribution >= 0.6 is 0 Å². The van der Waals surface area contributed by atoms with E-state index in [1.54, 1.807) is 0 Å². The average molecular weight is 969 g/mol. The fraction of sp³-hybridized carbons (Fsp3) is 0.0435. The summed E-state index contributed by atoms with van der Waals surface area (Å²) in [6, 6.07) is 92.7. The molecule has 13 rings (SSSR count). The first-order valence-corrected chi connectivity index (χ1v) is 25.4. The Morgan fingerprint density at radius 1 is 0.240 bits per heavy atom. The second kappa shape index (κ2) is 19.0. The highest BCUT2D eigenvalue weighted by atomic mass is 16.3. The lowest BCUT2D eigenvalue weighted by atomic mass is 10.0. The third kappa shape index (κ3) is 8.58. The maximum Gasteiger partial charge on any atom is 0.135 e. The van der Waals surface area contributed by atoms with Crippen molar-refractivity contribution in [3.05, 3.63) is 272 Å². The number of para-hydroxylation sites is 3. The van der Waals surface area contributed by atoms with Gasteiger partial charge in [0, 0.05) is 91.2 Å². The van der Waals surface area contributed by atoms with Crippen LogP contribution in [0.15, 0.2) is 270 Å². The van der Waals surface area contributed by atoms with Gasteiger partial charge >= 0.3 is 0 Å². The standard InChI is InChI=1S/C69H52N4O2/c1-47-19-27-54(28-20-47)71(55-29-21-48(2)22-30-55)56-31-23-49(24-32-56)50-25-33-57(34-26-50)72(52-15-9-5-10-16-52)59-36-40-68-64(44-59)65-46-61(38-42-69(65)75-68)73(53-17-11-6-12-18-53)60-37-41-67-63(45-60)62-43-58(35-39-66(62)74-67)70(3)51-13-7-4-8-14-51/h4-46H,1-3H3. The lowest BCUT2D eigenvalue weighted by Gasteiger charge is -2.26. The summed E-state index contributed by atoms with van der Waals surface area (Å²) in [6.45, 7) is 4.25. The lowest BCUT2D eigenvalue weighted by molar-refractivity contribution is 0.668. The van der Waals surface area contributed by atoms with Gasteiger partial charge in [0.2, 0.25) is 0 Å². The minimum atomic E-state index is 0.827. The fourth-order valence-corrected chi connectivity index (χ4v) is 10.4. The van der Waals surface area contributed by atoms with Gasteiger partial charge in [-0.2, -0.15) is 0 Å². The van der Waals surface area contributed by atoms with Gasteiger partial charge in [-0.15, -0.1) is 0 Å². The summed E-state index contributed by atoms with van der Waals surface area (Å²) < 4.78 is 13.0. The van der Waals surface area contributed by atoms with Crippen LogP contribution in [-0.4, -0.2) is 7.05 Å². The van der Waals surface area contributed by atoms with E-state index in [2.05, 4.69) is 295 Å². The number of benzene rings is 11. The molecule has 0 aliphatic heterocycles. The van der Waals surface area contributed by atoms with E-state index in [1.807, 2.05) is 6.07 Å². The highest BCUT2D eigenvalue weighted by Crippen LogP contribution is 2.44. The summed E-state index contributed by atoms with van der Waals surface area (Å²) in [7, 11) is 2.10. The molecule has 6 heteroatoms. The number of hydrogen-bond acceptors (Lipinski definition) is 6. The van der Waals surface area contributed by atoms with Crippen molar-refractivity contribution < 1.29 is 8.83 Å². The molecule has 11 aromatic carbocycles. The zero-order chi connectivity index (χ0) is 50.4. The third-order valence-corrected chi connectivity index (χ3v) is 14.4. The van der Waals surface area contributed by atoms with E-state index in [9.17, 15) is 0 Å². The van der Waals surface area contributed by atoms with Crippen molar-refractivity contribution >= 4 is 106 Å². The Labute approximate surface area is 436 Å². The smallest absolute Gasteiger partial charge is 0.135 e. The number of anilines is 11. The van der Waals surface area contributed by atoms with Crippen molar-refractivity contribution in [2.24, 2.45) is 0 Å². The van der Waals surface area contributed by atoms with E-state index < -0.39 is 0 Å². The number of furan rings is 2. The van der Waals surface area contributed by atoms with Gasteiger partial charge in [-0.25, -0.2) is 0 Å². The first-order valence-electron chi connectivity index (χ1n) is 25.4. The number of fused-ring (bicyclic) bond motifs is 6. The molecular formula is C69H52N4O2. The first-order chi connectivity index (χ1) is 36.9. The van der Waals surface area contributed by atoms with Crippen LogP contribution in [0.1, 0.15) is 11.1 Å². The highest BCUT2D eigenvalue weighted by molar-refractivity contribution is 6.10. The molecule has 0 unspecified atom stereocenters. The van der Waals surface area contributed by atoms with Gasteiger partial charge in [0.25, 0.3) is 0 Å². The number of rotatable bonds is 12. The normalized spacial score (nSPS) is 11.4. The molecule has 0 aliphatic rings. The summed E-state index contributed by atoms with van der Waals surface area (Å²) in [5, 5.41) is 4.18. The summed E-state index contributed by atoms with van der Waals surface area (Å²) in [6.07, 6.45) is 0. The van der Waals surface area contributed by atoms with Crippen LogP contribution in [-0.2, 0) is 0 Å². The van der Waals surface area contributed by atoms with E-state index in [0.29, 0.717) is 0 Å². The molecule has 0 atom stereocenters. The molecule has 0 amide bonds. The molecule has 75 heavy (non-hydrogen) atoms. The van der Waals surface area contributed by atoms with Crippen molar-refractivity contribution in [1.82, 2.24) is 0 Å². The molecule has 0 saturated carbocycles. The van der Waals surface area contributed by atoms with Crippen molar-refractivity contribution in [2.45, 2.75) is 13.8 Å². The molecule has 0 radical (unpaired) electrons. The molecule has 0 spiro atoms. The van der Waals surface area contributed by atoms with Gasteiger partial charge < -0.3 is 28.4 Å². The largest absolute Gasteiger partial charge is 0.456 e. The topological polar surface area (TPSA) is 39.2 Å². The Kier molecular flexibility index (Phi) is 11.4. The van der Waals surface area contributed by atoms with Gasteiger partial charge in [0.05, 0.1) is 0 Å². The molecule has 0 bridgehead atoms. The van der Waals surface area contributed by atoms with E-state index >= 15 is 0 Å². The summed E-state index contributed by atoms with van der Waals surface area (Å²) in [5.74, 6) is 0. The van der Waals surface area contributed by atoms with Crippen molar-refractivity contribution in [3.63, 3.8) is 0 Å². The van der Waals surface area contributed by atoms with Crippen LogP contribution in [0.2, 0.25) is 0 Å². The summed E-state index contributed by atoms with van der Waals surface area (Å²) in [4.78, 5) is 9.15. The van der Waals surface area contributed by atoms with Crippen molar-refractivity contribution in [2.75, 3.05) is 26.6 Å². The summed E-state index contributed by atoms with van der Waals surface area (Å²) >= 11 is 0. The molecule has 0 fully saturated rings. The van der Waals surface area contributed by atoms with Crippen LogP contribution in [0.5, 0.6) is 0 Å². The van der Waals surface area contributed by atoms with Crippen LogP contribution < -0.4 is 19.6 Å². The Balaban J connectivity index is 0.851. The quantitative estimate of drug-likeness (QED) is 0.121. The van der Waals surface area contributed by atoms with Gasteiger partial charge in [-0.05, 0) is 183 Å². The molecular weight excluding hydrogens is 917 g/mol. The monoisotopic (exact) mass is 968 g/mol. The minimum absolute atomic E-state index is 0.827. The SMILES string of the molecule is Cc1ccc(N(c2ccc(C)cc2)c2ccc(-c3ccc(N(c4ccccc4)c4ccc5oc6ccc(N(c7ccccc7)c7ccc8oc9ccc(N(C)c%10ccccc%10)cc9c8c7)cc6c5c4)cc3)cc2)cc1. The van der Waals surface area contributed by atoms with Gasteiger partial charge in [0.15, 0.2) is 0 Å². The van der Waals surface area contributed by atoms with Crippen molar-refractivity contribution in [3.8, 4) is 11.1 Å². The number of hydrogen-bond donors (Lipinski definition) is 0. The first kappa shape index (κ1) is 45.1. The van der Waals surface area contributed by atoms with Gasteiger partial charge in [0.1, 0.15) is 22.3 Å². The second-order valence-corrected chi connectivity index (χ2v) is 19.3. The predicted octanol–water partition coefficient (Wildman–Crippen LogP) is 19.9. The average Bonchev–Trinajstić information content (AvgIpc) is 4.04. The number of nitrogens with zero attached hydrogens (tertiary/aromatic N) is 4. The van der Waals surface area contributed by atoms with E-state index in [0.717, 1.165) is 118 Å². The molecule has 2 aromatic heterocycles. The highest BCUT2D eigenvalue weighted by Gasteiger charge is 2.21. The third-order valence-electron chi connectivity index (χ3n) is 14.4. The molecule has 0 aliphatic carbocycles. The van der Waals surface area contributed by atoms with Crippen LogP contribution in [0.4, 0.5) is 62.6 Å². The van der Waals surface area contributed by atoms with E-state index in [-0.39, 0.29) is 0 Å². The number of aryl methyl sites for hydroxylation is 2. The van der Waals surface area contributed by atoms with E-state index in [4.69, 9.17) is 8.83 Å². The molecule has 13 aromatic rings. The van der Waals surface area contributed by atoms with Crippen LogP contribution in [0.3, 0.4) is 0 Å². The Morgan fingerprint density at radius 3 is 0.853 bits per heavy atom. The van der Waals surface area contributed by atoms with E-state index in [1.165, 1.54) is 11.1 Å². The predicted molar refractivity (Wildman–Crippen MR) is 314 cm³/mol. The zero-order valence-electron chi connectivity index (χ0n) is 41.9. The Bertz CT molecular complexity index is 4090. The van der Waals surface area contributed by atoms with Gasteiger partial charge in [-0.3, -0.25) is 0 Å². The maximum atomic E-state index is 6.59. The van der Waals surface area contributed by atoms with Crippen LogP contribution in [0.25, 0.3) is 55.0 Å². The van der Waals surface area contributed by atoms with Crippen LogP contribution in [0, 0.1) is 13.8 Å². The Morgan fingerprint density at radius 2 is 0.493 bits per heavy atom. The zero-order valence-corrected chi connectivity index (χ0v) is 41.9. The second-order valence-electron chi connectivity index (χ2n) is 19.3. The molecule has 360 valence electrons. The van der Waals surface area contributed by atoms with Gasteiger partial charge in [-0.1, -0.05) is 114 Å². The molecule has 2 heterocycles. The minimum Gasteiger partial charge on any atom is -0.456 e. The fourth-order valence-electron chi connectivity index (χ4n) is 10.4. The summed E-state index contributed by atoms with van der Waals surface area (Å²) in [5.41, 5.74) is 19.9.